The summed E-state index contributed by atoms with van der Waals surface area (Å²) in [7, 11) is 3.57. The van der Waals surface area contributed by atoms with Crippen LogP contribution in [0.4, 0.5) is 0 Å². The van der Waals surface area contributed by atoms with Crippen molar-refractivity contribution >= 4 is 5.91 Å². The Morgan fingerprint density at radius 2 is 2.25 bits per heavy atom. The summed E-state index contributed by atoms with van der Waals surface area (Å²) in [5.41, 5.74) is 0. The van der Waals surface area contributed by atoms with Crippen LogP contribution >= 0.6 is 0 Å². The van der Waals surface area contributed by atoms with Crippen molar-refractivity contribution < 1.29 is 9.53 Å². The molecule has 1 rings (SSSR count). The molecule has 0 aliphatic carbocycles. The van der Waals surface area contributed by atoms with Crippen LogP contribution in [0.5, 0.6) is 0 Å². The number of likely N-dealkylation sites (N-methyl/N-ethyl adjacent to an activating group) is 1. The number of hydrogen-bond donors (Lipinski definition) is 1. The summed E-state index contributed by atoms with van der Waals surface area (Å²) in [5.74, 6) is 0.138. The number of hydrogen-bond acceptors (Lipinski definition) is 3. The Morgan fingerprint density at radius 3 is 2.88 bits per heavy atom. The second kappa shape index (κ2) is 6.86. The van der Waals surface area contributed by atoms with Crippen molar-refractivity contribution in [1.82, 2.24) is 10.2 Å². The van der Waals surface area contributed by atoms with Crippen LogP contribution in [0.15, 0.2) is 0 Å². The molecule has 0 spiro atoms. The highest BCUT2D eigenvalue weighted by Crippen LogP contribution is 2.17. The van der Waals surface area contributed by atoms with Gasteiger partial charge in [0.25, 0.3) is 0 Å². The Bertz CT molecular complexity index is 217. The first kappa shape index (κ1) is 13.5. The molecule has 1 aliphatic rings. The van der Waals surface area contributed by atoms with Gasteiger partial charge in [0, 0.05) is 26.7 Å². The predicted molar refractivity (Wildman–Crippen MR) is 64.4 cm³/mol. The van der Waals surface area contributed by atoms with Crippen LogP contribution in [-0.2, 0) is 9.53 Å². The van der Waals surface area contributed by atoms with Crippen LogP contribution in [0.1, 0.15) is 32.6 Å². The van der Waals surface area contributed by atoms with Gasteiger partial charge in [-0.15, -0.1) is 0 Å². The van der Waals surface area contributed by atoms with Crippen LogP contribution in [0.3, 0.4) is 0 Å². The van der Waals surface area contributed by atoms with E-state index in [1.807, 2.05) is 0 Å². The summed E-state index contributed by atoms with van der Waals surface area (Å²) in [6.07, 6.45) is 4.72. The third-order valence-corrected chi connectivity index (χ3v) is 3.02. The average molecular weight is 228 g/mol. The lowest BCUT2D eigenvalue weighted by molar-refractivity contribution is -0.128. The quantitative estimate of drug-likeness (QED) is 0.763. The van der Waals surface area contributed by atoms with Gasteiger partial charge in [-0.1, -0.05) is 13.3 Å². The van der Waals surface area contributed by atoms with Crippen molar-refractivity contribution in [1.29, 1.82) is 0 Å². The molecule has 16 heavy (non-hydrogen) atoms. The molecule has 1 N–H and O–H groups in total. The minimum absolute atomic E-state index is 0.138. The third kappa shape index (κ3) is 4.49. The fraction of sp³-hybridized carbons (Fsp3) is 0.917. The highest BCUT2D eigenvalue weighted by Gasteiger charge is 2.22. The van der Waals surface area contributed by atoms with E-state index in [0.29, 0.717) is 18.7 Å². The van der Waals surface area contributed by atoms with Crippen molar-refractivity contribution in [3.63, 3.8) is 0 Å². The first-order chi connectivity index (χ1) is 7.63. The van der Waals surface area contributed by atoms with Crippen LogP contribution in [0.2, 0.25) is 0 Å². The Kier molecular flexibility index (Phi) is 5.77. The normalized spacial score (nSPS) is 25.4. The smallest absolute Gasteiger partial charge is 0.236 e. The Morgan fingerprint density at radius 1 is 1.50 bits per heavy atom. The maximum Gasteiger partial charge on any atom is 0.236 e. The van der Waals surface area contributed by atoms with E-state index in [2.05, 4.69) is 12.2 Å². The lowest BCUT2D eigenvalue weighted by Gasteiger charge is -2.30. The fourth-order valence-corrected chi connectivity index (χ4v) is 1.98. The van der Waals surface area contributed by atoms with E-state index in [1.54, 1.807) is 19.0 Å². The number of carbonyl (C=O) groups excluding carboxylic acids is 1. The number of rotatable bonds is 5. The largest absolute Gasteiger partial charge is 0.378 e. The monoisotopic (exact) mass is 228 g/mol. The van der Waals surface area contributed by atoms with Crippen LogP contribution in [-0.4, -0.2) is 50.2 Å². The standard InChI is InChI=1S/C12H24N2O2/c1-4-5-11-8-10(6-7-16-11)13-9-12(15)14(2)3/h10-11,13H,4-9H2,1-3H3. The summed E-state index contributed by atoms with van der Waals surface area (Å²) >= 11 is 0. The van der Waals surface area contributed by atoms with E-state index < -0.39 is 0 Å². The number of nitrogens with zero attached hydrogens (tertiary/aromatic N) is 1. The van der Waals surface area contributed by atoms with Gasteiger partial charge in [0.1, 0.15) is 0 Å². The Labute approximate surface area is 98.3 Å². The Balaban J connectivity index is 2.24. The number of carbonyl (C=O) groups is 1. The maximum absolute atomic E-state index is 11.4. The van der Waals surface area contributed by atoms with Crippen molar-refractivity contribution in [3.8, 4) is 0 Å². The predicted octanol–water partition coefficient (Wildman–Crippen LogP) is 1.01. The molecule has 0 radical (unpaired) electrons. The van der Waals surface area contributed by atoms with Crippen LogP contribution < -0.4 is 5.32 Å². The van der Waals surface area contributed by atoms with Crippen molar-refractivity contribution in [3.05, 3.63) is 0 Å². The maximum atomic E-state index is 11.4. The molecule has 0 saturated carbocycles. The molecule has 4 heteroatoms. The lowest BCUT2D eigenvalue weighted by Crippen LogP contribution is -2.43. The molecule has 2 atom stereocenters. The molecule has 1 saturated heterocycles. The van der Waals surface area contributed by atoms with Crippen molar-refractivity contribution in [2.75, 3.05) is 27.2 Å². The molecule has 1 heterocycles. The highest BCUT2D eigenvalue weighted by molar-refractivity contribution is 5.77. The SMILES string of the molecule is CCCC1CC(NCC(=O)N(C)C)CCO1. The van der Waals surface area contributed by atoms with Gasteiger partial charge >= 0.3 is 0 Å². The number of amides is 1. The van der Waals surface area contributed by atoms with E-state index in [9.17, 15) is 4.79 Å². The average Bonchev–Trinajstić information content (AvgIpc) is 2.26. The van der Waals surface area contributed by atoms with Gasteiger partial charge in [0.15, 0.2) is 0 Å². The first-order valence-corrected chi connectivity index (χ1v) is 6.18. The topological polar surface area (TPSA) is 41.6 Å². The van der Waals surface area contributed by atoms with Gasteiger partial charge in [0.2, 0.25) is 5.91 Å². The Hall–Kier alpha value is -0.610. The molecular weight excluding hydrogens is 204 g/mol. The minimum atomic E-state index is 0.138. The molecule has 1 aliphatic heterocycles. The molecule has 0 bridgehead atoms. The van der Waals surface area contributed by atoms with E-state index >= 15 is 0 Å². The van der Waals surface area contributed by atoms with Gasteiger partial charge < -0.3 is 15.0 Å². The lowest BCUT2D eigenvalue weighted by atomic mass is 10.0. The zero-order chi connectivity index (χ0) is 12.0. The van der Waals surface area contributed by atoms with Crippen LogP contribution in [0.25, 0.3) is 0 Å². The van der Waals surface area contributed by atoms with Gasteiger partial charge in [-0.3, -0.25) is 4.79 Å². The summed E-state index contributed by atoms with van der Waals surface area (Å²) < 4.78 is 5.67. The number of ether oxygens (including phenoxy) is 1. The molecular formula is C12H24N2O2. The summed E-state index contributed by atoms with van der Waals surface area (Å²) in [6.45, 7) is 3.44. The van der Waals surface area contributed by atoms with Gasteiger partial charge in [0.05, 0.1) is 12.6 Å². The molecule has 0 aromatic heterocycles. The minimum Gasteiger partial charge on any atom is -0.378 e. The molecule has 0 aromatic rings. The molecule has 2 unspecified atom stereocenters. The molecule has 1 amide bonds. The second-order valence-corrected chi connectivity index (χ2v) is 4.67. The molecule has 0 aromatic carbocycles. The third-order valence-electron chi connectivity index (χ3n) is 3.02. The molecule has 4 nitrogen and oxygen atoms in total. The van der Waals surface area contributed by atoms with E-state index in [4.69, 9.17) is 4.74 Å². The summed E-state index contributed by atoms with van der Waals surface area (Å²) in [4.78, 5) is 13.0. The molecule has 94 valence electrons. The highest BCUT2D eigenvalue weighted by atomic mass is 16.5. The van der Waals surface area contributed by atoms with E-state index in [-0.39, 0.29) is 5.91 Å². The zero-order valence-corrected chi connectivity index (χ0v) is 10.7. The number of nitrogens with one attached hydrogen (secondary N) is 1. The summed E-state index contributed by atoms with van der Waals surface area (Å²) in [5, 5.41) is 3.32. The fourth-order valence-electron chi connectivity index (χ4n) is 1.98. The van der Waals surface area contributed by atoms with Gasteiger partial charge in [-0.2, -0.15) is 0 Å². The van der Waals surface area contributed by atoms with E-state index in [0.717, 1.165) is 32.3 Å². The van der Waals surface area contributed by atoms with E-state index in [1.165, 1.54) is 0 Å². The van der Waals surface area contributed by atoms with Crippen LogP contribution in [0, 0.1) is 0 Å². The summed E-state index contributed by atoms with van der Waals surface area (Å²) in [6, 6.07) is 0.439. The second-order valence-electron chi connectivity index (χ2n) is 4.67. The van der Waals surface area contributed by atoms with Gasteiger partial charge in [-0.05, 0) is 19.3 Å². The van der Waals surface area contributed by atoms with Crippen molar-refractivity contribution in [2.24, 2.45) is 0 Å². The van der Waals surface area contributed by atoms with Crippen molar-refractivity contribution in [2.45, 2.75) is 44.8 Å². The molecule has 1 fully saturated rings. The van der Waals surface area contributed by atoms with Gasteiger partial charge in [-0.25, -0.2) is 0 Å². The zero-order valence-electron chi connectivity index (χ0n) is 10.7. The first-order valence-electron chi connectivity index (χ1n) is 6.18.